The van der Waals surface area contributed by atoms with Crippen LogP contribution in [0.2, 0.25) is 0 Å². The number of benzene rings is 1. The lowest BCUT2D eigenvalue weighted by Crippen LogP contribution is -2.61. The predicted octanol–water partition coefficient (Wildman–Crippen LogP) is 2.95. The minimum absolute atomic E-state index is 0.0833. The monoisotopic (exact) mass is 531 g/mol. The van der Waals surface area contributed by atoms with Crippen LogP contribution in [-0.4, -0.2) is 48.4 Å². The number of rotatable bonds is 4. The van der Waals surface area contributed by atoms with Crippen LogP contribution in [0.4, 0.5) is 36.4 Å². The first-order valence-electron chi connectivity index (χ1n) is 9.37. The quantitative estimate of drug-likeness (QED) is 0.415. The normalized spacial score (nSPS) is 19.6. The number of aryl methyl sites for hydroxylation is 1. The van der Waals surface area contributed by atoms with Crippen molar-refractivity contribution in [3.8, 4) is 5.75 Å². The number of aromatic nitrogens is 1. The number of carbonyl (C=O) groups excluding carboxylic acids is 1. The van der Waals surface area contributed by atoms with E-state index in [1.807, 2.05) is 5.32 Å². The van der Waals surface area contributed by atoms with Crippen molar-refractivity contribution in [2.75, 3.05) is 11.9 Å². The van der Waals surface area contributed by atoms with Crippen LogP contribution in [0, 0.1) is 5.82 Å². The molecule has 1 amide bonds. The van der Waals surface area contributed by atoms with Crippen molar-refractivity contribution < 1.29 is 53.8 Å². The Morgan fingerprint density at radius 3 is 2.46 bits per heavy atom. The van der Waals surface area contributed by atoms with Gasteiger partial charge < -0.3 is 19.7 Å². The summed E-state index contributed by atoms with van der Waals surface area (Å²) in [6.45, 7) is 1.79. The molecule has 2 aromatic rings. The summed E-state index contributed by atoms with van der Waals surface area (Å²) < 4.78 is 126. The summed E-state index contributed by atoms with van der Waals surface area (Å²) in [7, 11) is -3.63. The highest BCUT2D eigenvalue weighted by atomic mass is 32.2. The number of alkyl halides is 6. The molecule has 8 nitrogen and oxygen atoms in total. The minimum Gasteiger partial charge on any atom is -0.488 e. The number of ether oxygens (including phenoxy) is 1. The maximum Gasteiger partial charge on any atom is 0.422 e. The number of nitrogens with zero attached hydrogens (tertiary/aromatic N) is 1. The molecule has 0 radical (unpaired) electrons. The number of aliphatic hydroxyl groups is 1. The van der Waals surface area contributed by atoms with Gasteiger partial charge in [-0.3, -0.25) is 4.79 Å². The molecule has 0 aliphatic carbocycles. The van der Waals surface area contributed by atoms with E-state index in [0.717, 1.165) is 16.8 Å². The van der Waals surface area contributed by atoms with Crippen LogP contribution in [-0.2, 0) is 23.2 Å². The van der Waals surface area contributed by atoms with Crippen LogP contribution in [0.5, 0.6) is 5.75 Å². The van der Waals surface area contributed by atoms with E-state index in [-0.39, 0.29) is 6.08 Å². The Kier molecular flexibility index (Phi) is 6.45. The molecule has 0 spiro atoms. The van der Waals surface area contributed by atoms with Crippen LogP contribution in [0.3, 0.4) is 0 Å². The molecular weight excluding hydrogens is 515 g/mol. The summed E-state index contributed by atoms with van der Waals surface area (Å²) in [6, 6.07) is -0.734. The van der Waals surface area contributed by atoms with Crippen molar-refractivity contribution in [3.63, 3.8) is 0 Å². The van der Waals surface area contributed by atoms with E-state index in [9.17, 15) is 49.1 Å². The highest BCUT2D eigenvalue weighted by Gasteiger charge is 2.58. The number of sulfonamides is 1. The minimum atomic E-state index is -5.36. The van der Waals surface area contributed by atoms with Gasteiger partial charge in [-0.25, -0.2) is 17.5 Å². The predicted molar refractivity (Wildman–Crippen MR) is 106 cm³/mol. The first kappa shape index (κ1) is 26.5. The molecule has 0 unspecified atom stereocenters. The van der Waals surface area contributed by atoms with Crippen LogP contribution >= 0.6 is 0 Å². The average molecular weight is 531 g/mol. The second-order valence-corrected chi connectivity index (χ2v) is 9.12. The van der Waals surface area contributed by atoms with E-state index in [1.54, 1.807) is 4.72 Å². The van der Waals surface area contributed by atoms with E-state index in [4.69, 9.17) is 4.74 Å². The molecule has 16 heteroatoms. The van der Waals surface area contributed by atoms with E-state index >= 15 is 0 Å². The molecule has 3 rings (SSSR count). The smallest absolute Gasteiger partial charge is 0.422 e. The lowest BCUT2D eigenvalue weighted by atomic mass is 9.95. The molecule has 1 aromatic carbocycles. The summed E-state index contributed by atoms with van der Waals surface area (Å²) in [5.41, 5.74) is -6.51. The second-order valence-electron chi connectivity index (χ2n) is 7.44. The number of halogens is 7. The fraction of sp³-hybridized carbons (Fsp3) is 0.316. The number of anilines is 1. The van der Waals surface area contributed by atoms with Gasteiger partial charge in [-0.05, 0) is 24.3 Å². The van der Waals surface area contributed by atoms with Crippen molar-refractivity contribution >= 4 is 21.6 Å². The molecule has 192 valence electrons. The molecule has 1 aliphatic heterocycles. The van der Waals surface area contributed by atoms with Gasteiger partial charge in [0.1, 0.15) is 17.3 Å². The molecule has 0 fully saturated rings. The van der Waals surface area contributed by atoms with Gasteiger partial charge >= 0.3 is 12.4 Å². The molecular formula is C19H16F7N3O5S. The molecule has 2 atom stereocenters. The summed E-state index contributed by atoms with van der Waals surface area (Å²) in [5, 5.41) is 12.1. The lowest BCUT2D eigenvalue weighted by molar-refractivity contribution is -0.249. The zero-order valence-corrected chi connectivity index (χ0v) is 18.3. The van der Waals surface area contributed by atoms with E-state index < -0.39 is 79.9 Å². The fourth-order valence-electron chi connectivity index (χ4n) is 3.30. The standard InChI is InChI=1S/C19H16F7N3O5S/c1-3-17(31,19(24,25)26)13-8-34-15-12(35(32,33)28-13)7-29(2)14(15)16(30)27-9-4-5-11(20)10(6-9)18(21,22)23/h3-7,13,28,31H,1,8H2,2H3,(H,27,30)/t13-,17-/m0/s1. The third-order valence-corrected chi connectivity index (χ3v) is 6.59. The van der Waals surface area contributed by atoms with Gasteiger partial charge in [0.25, 0.3) is 5.91 Å². The average Bonchev–Trinajstić information content (AvgIpc) is 3.00. The highest BCUT2D eigenvalue weighted by Crippen LogP contribution is 2.39. The molecule has 1 aliphatic rings. The first-order valence-corrected chi connectivity index (χ1v) is 10.9. The first-order chi connectivity index (χ1) is 15.9. The maximum absolute atomic E-state index is 13.5. The zero-order chi connectivity index (χ0) is 26.6. The van der Waals surface area contributed by atoms with Crippen molar-refractivity contribution in [2.45, 2.75) is 28.9 Å². The number of fused-ring (bicyclic) bond motifs is 1. The zero-order valence-electron chi connectivity index (χ0n) is 17.5. The Balaban J connectivity index is 2.00. The molecule has 1 aromatic heterocycles. The Labute approximate surface area is 193 Å². The van der Waals surface area contributed by atoms with Crippen LogP contribution in [0.15, 0.2) is 41.9 Å². The number of hydrogen-bond donors (Lipinski definition) is 3. The van der Waals surface area contributed by atoms with Crippen LogP contribution in [0.1, 0.15) is 16.1 Å². The van der Waals surface area contributed by atoms with Gasteiger partial charge in [-0.15, -0.1) is 0 Å². The van der Waals surface area contributed by atoms with Gasteiger partial charge in [-0.1, -0.05) is 6.58 Å². The Hall–Kier alpha value is -3.11. The third kappa shape index (κ3) is 4.72. The SMILES string of the molecule is C=C[C@](O)([C@@H]1COc2c(cn(C)c2C(=O)Nc2ccc(F)c(C(F)(F)F)c2)S(=O)(=O)N1)C(F)(F)F. The molecule has 35 heavy (non-hydrogen) atoms. The largest absolute Gasteiger partial charge is 0.488 e. The Morgan fingerprint density at radius 2 is 1.91 bits per heavy atom. The van der Waals surface area contributed by atoms with Gasteiger partial charge in [0.05, 0.1) is 11.6 Å². The topological polar surface area (TPSA) is 110 Å². The number of amides is 1. The summed E-state index contributed by atoms with van der Waals surface area (Å²) in [5.74, 6) is -3.53. The van der Waals surface area contributed by atoms with E-state index in [0.29, 0.717) is 12.1 Å². The highest BCUT2D eigenvalue weighted by molar-refractivity contribution is 7.89. The summed E-state index contributed by atoms with van der Waals surface area (Å²) in [4.78, 5) is 12.0. The van der Waals surface area contributed by atoms with Gasteiger partial charge in [0.2, 0.25) is 10.0 Å². The number of nitrogens with one attached hydrogen (secondary N) is 2. The van der Waals surface area contributed by atoms with Crippen molar-refractivity contribution in [1.29, 1.82) is 0 Å². The van der Waals surface area contributed by atoms with Gasteiger partial charge in [-0.2, -0.15) is 26.3 Å². The van der Waals surface area contributed by atoms with Crippen molar-refractivity contribution in [1.82, 2.24) is 9.29 Å². The molecule has 0 bridgehead atoms. The van der Waals surface area contributed by atoms with E-state index in [2.05, 4.69) is 6.58 Å². The summed E-state index contributed by atoms with van der Waals surface area (Å²) in [6.07, 6.45) is -9.53. The molecule has 0 saturated carbocycles. The molecule has 3 N–H and O–H groups in total. The lowest BCUT2D eigenvalue weighted by Gasteiger charge is -2.33. The molecule has 2 heterocycles. The maximum atomic E-state index is 13.5. The number of carbonyl (C=O) groups is 1. The fourth-order valence-corrected chi connectivity index (χ4v) is 4.75. The molecule has 0 saturated heterocycles. The van der Waals surface area contributed by atoms with E-state index in [1.165, 1.54) is 7.05 Å². The van der Waals surface area contributed by atoms with Crippen LogP contribution < -0.4 is 14.8 Å². The summed E-state index contributed by atoms with van der Waals surface area (Å²) >= 11 is 0. The third-order valence-electron chi connectivity index (χ3n) is 5.12. The Morgan fingerprint density at radius 1 is 1.29 bits per heavy atom. The Bertz CT molecular complexity index is 1290. The van der Waals surface area contributed by atoms with Crippen molar-refractivity contribution in [2.24, 2.45) is 7.05 Å². The van der Waals surface area contributed by atoms with Crippen LogP contribution in [0.25, 0.3) is 0 Å². The van der Waals surface area contributed by atoms with Gasteiger partial charge in [0.15, 0.2) is 17.0 Å². The second kappa shape index (κ2) is 8.53. The number of hydrogen-bond acceptors (Lipinski definition) is 5. The van der Waals surface area contributed by atoms with Crippen molar-refractivity contribution in [3.05, 3.63) is 54.1 Å². The van der Waals surface area contributed by atoms with Gasteiger partial charge in [0, 0.05) is 18.9 Å².